The average molecular weight is 363 g/mol. The normalized spacial score (nSPS) is 12.5. The van der Waals surface area contributed by atoms with Crippen molar-refractivity contribution in [1.82, 2.24) is 0 Å². The van der Waals surface area contributed by atoms with Crippen molar-refractivity contribution in [2.24, 2.45) is 0 Å². The standard InChI is InChI=1S/C14H26O7Si2/c1-15-14-12(11-22(16-2,17-3)18-4)9-8-10-13(14)23(19-5,20-6)21-7/h8-10H,11H2,1-7H3. The highest BCUT2D eigenvalue weighted by Crippen LogP contribution is 2.25. The van der Waals surface area contributed by atoms with E-state index in [1.54, 1.807) is 49.8 Å². The summed E-state index contributed by atoms with van der Waals surface area (Å²) in [5.74, 6) is 0.632. The third kappa shape index (κ3) is 4.01. The maximum atomic E-state index is 5.62. The van der Waals surface area contributed by atoms with Crippen LogP contribution in [0, 0.1) is 0 Å². The Morgan fingerprint density at radius 1 is 0.739 bits per heavy atom. The highest BCUT2D eigenvalue weighted by atomic mass is 28.4. The van der Waals surface area contributed by atoms with E-state index in [9.17, 15) is 0 Å². The molecule has 1 rings (SSSR count). The summed E-state index contributed by atoms with van der Waals surface area (Å²) in [6.07, 6.45) is 0. The molecule has 0 aliphatic carbocycles. The molecule has 7 nitrogen and oxygen atoms in total. The Kier molecular flexibility index (Phi) is 7.84. The first-order valence-electron chi connectivity index (χ1n) is 6.99. The summed E-state index contributed by atoms with van der Waals surface area (Å²) in [5.41, 5.74) is 0.880. The minimum absolute atomic E-state index is 0.454. The molecule has 9 heteroatoms. The Hall–Kier alpha value is -0.786. The van der Waals surface area contributed by atoms with Gasteiger partial charge in [0.2, 0.25) is 0 Å². The van der Waals surface area contributed by atoms with Crippen LogP contribution in [0.5, 0.6) is 5.75 Å². The molecule has 0 fully saturated rings. The molecule has 0 saturated heterocycles. The Bertz CT molecular complexity index is 473. The molecule has 0 unspecified atom stereocenters. The number of ether oxygens (including phenoxy) is 1. The van der Waals surface area contributed by atoms with Gasteiger partial charge >= 0.3 is 17.6 Å². The van der Waals surface area contributed by atoms with E-state index in [1.807, 2.05) is 18.2 Å². The SMILES string of the molecule is COc1c(C[Si](OC)(OC)OC)cccc1[Si](OC)(OC)OC. The van der Waals surface area contributed by atoms with Gasteiger partial charge in [-0.3, -0.25) is 0 Å². The van der Waals surface area contributed by atoms with E-state index in [1.165, 1.54) is 0 Å². The van der Waals surface area contributed by atoms with E-state index in [-0.39, 0.29) is 0 Å². The van der Waals surface area contributed by atoms with Crippen LogP contribution in [0.2, 0.25) is 0 Å². The number of hydrogen-bond acceptors (Lipinski definition) is 7. The molecule has 0 amide bonds. The minimum atomic E-state index is -3.03. The van der Waals surface area contributed by atoms with Gasteiger partial charge < -0.3 is 31.3 Å². The van der Waals surface area contributed by atoms with Crippen molar-refractivity contribution < 1.29 is 31.3 Å². The van der Waals surface area contributed by atoms with Gasteiger partial charge in [-0.25, -0.2) is 0 Å². The number of methoxy groups -OCH3 is 1. The third-order valence-electron chi connectivity index (χ3n) is 3.78. The highest BCUT2D eigenvalue weighted by Gasteiger charge is 2.45. The minimum Gasteiger partial charge on any atom is -0.496 e. The number of para-hydroxylation sites is 1. The molecule has 132 valence electrons. The molecule has 0 N–H and O–H groups in total. The van der Waals surface area contributed by atoms with Crippen molar-refractivity contribution >= 4 is 22.8 Å². The topological polar surface area (TPSA) is 64.6 Å². The van der Waals surface area contributed by atoms with Crippen molar-refractivity contribution in [3.8, 4) is 5.75 Å². The van der Waals surface area contributed by atoms with Gasteiger partial charge in [-0.1, -0.05) is 18.2 Å². The van der Waals surface area contributed by atoms with Crippen LogP contribution in [0.4, 0.5) is 0 Å². The first kappa shape index (κ1) is 20.3. The van der Waals surface area contributed by atoms with Crippen LogP contribution in [-0.4, -0.2) is 67.4 Å². The fourth-order valence-corrected chi connectivity index (χ4v) is 6.16. The zero-order valence-corrected chi connectivity index (χ0v) is 16.8. The molecular weight excluding hydrogens is 336 g/mol. The van der Waals surface area contributed by atoms with Crippen molar-refractivity contribution in [1.29, 1.82) is 0 Å². The Morgan fingerprint density at radius 2 is 1.26 bits per heavy atom. The molecule has 0 aliphatic rings. The first-order chi connectivity index (χ1) is 11.0. The van der Waals surface area contributed by atoms with E-state index in [0.29, 0.717) is 11.8 Å². The van der Waals surface area contributed by atoms with Crippen LogP contribution >= 0.6 is 0 Å². The van der Waals surface area contributed by atoms with Gasteiger partial charge in [-0.15, -0.1) is 0 Å². The van der Waals surface area contributed by atoms with Crippen molar-refractivity contribution in [2.75, 3.05) is 49.8 Å². The number of hydrogen-bond donors (Lipinski definition) is 0. The molecule has 1 aromatic carbocycles. The van der Waals surface area contributed by atoms with E-state index in [2.05, 4.69) is 0 Å². The largest absolute Gasteiger partial charge is 0.540 e. The second kappa shape index (κ2) is 8.90. The Balaban J connectivity index is 3.40. The second-order valence-corrected chi connectivity index (χ2v) is 10.5. The molecule has 1 aromatic rings. The van der Waals surface area contributed by atoms with E-state index in [4.69, 9.17) is 31.3 Å². The van der Waals surface area contributed by atoms with Crippen LogP contribution in [0.3, 0.4) is 0 Å². The molecule has 0 atom stereocenters. The smallest absolute Gasteiger partial charge is 0.496 e. The quantitative estimate of drug-likeness (QED) is 0.569. The molecule has 0 aromatic heterocycles. The van der Waals surface area contributed by atoms with Crippen LogP contribution in [0.15, 0.2) is 18.2 Å². The monoisotopic (exact) mass is 362 g/mol. The van der Waals surface area contributed by atoms with E-state index >= 15 is 0 Å². The second-order valence-electron chi connectivity index (χ2n) is 4.64. The number of rotatable bonds is 10. The molecular formula is C14H26O7Si2. The van der Waals surface area contributed by atoms with Gasteiger partial charge in [-0.2, -0.15) is 0 Å². The van der Waals surface area contributed by atoms with Crippen LogP contribution in [0.25, 0.3) is 0 Å². The lowest BCUT2D eigenvalue weighted by Gasteiger charge is -2.29. The maximum absolute atomic E-state index is 5.62. The maximum Gasteiger partial charge on any atom is 0.540 e. The molecule has 0 radical (unpaired) electrons. The third-order valence-corrected chi connectivity index (χ3v) is 9.12. The molecule has 0 aliphatic heterocycles. The van der Waals surface area contributed by atoms with E-state index < -0.39 is 17.6 Å². The predicted octanol–water partition coefficient (Wildman–Crippen LogP) is 0.740. The molecule has 23 heavy (non-hydrogen) atoms. The van der Waals surface area contributed by atoms with Crippen LogP contribution in [0.1, 0.15) is 5.56 Å². The van der Waals surface area contributed by atoms with Gasteiger partial charge in [0.05, 0.1) is 12.3 Å². The zero-order valence-electron chi connectivity index (χ0n) is 14.8. The molecule has 0 saturated carbocycles. The summed E-state index contributed by atoms with van der Waals surface area (Å²) in [4.78, 5) is 0. The van der Waals surface area contributed by atoms with Gasteiger partial charge in [0.15, 0.2) is 0 Å². The number of benzene rings is 1. The van der Waals surface area contributed by atoms with E-state index in [0.717, 1.165) is 10.8 Å². The zero-order chi connectivity index (χ0) is 17.5. The summed E-state index contributed by atoms with van der Waals surface area (Å²) in [5, 5.41) is 0.746. The van der Waals surface area contributed by atoms with Crippen LogP contribution in [-0.2, 0) is 32.6 Å². The Morgan fingerprint density at radius 3 is 1.65 bits per heavy atom. The highest BCUT2D eigenvalue weighted by molar-refractivity contribution is 6.76. The summed E-state index contributed by atoms with van der Waals surface area (Å²) < 4.78 is 38.8. The summed E-state index contributed by atoms with van der Waals surface area (Å²) >= 11 is 0. The lowest BCUT2D eigenvalue weighted by molar-refractivity contribution is 0.122. The molecule has 0 spiro atoms. The summed E-state index contributed by atoms with van der Waals surface area (Å²) in [7, 11) is 5.17. The molecule has 0 bridgehead atoms. The molecule has 0 heterocycles. The van der Waals surface area contributed by atoms with Gasteiger partial charge in [0.25, 0.3) is 0 Å². The fraction of sp³-hybridized carbons (Fsp3) is 0.571. The van der Waals surface area contributed by atoms with Crippen molar-refractivity contribution in [2.45, 2.75) is 6.04 Å². The van der Waals surface area contributed by atoms with Crippen LogP contribution < -0.4 is 9.92 Å². The lowest BCUT2D eigenvalue weighted by Crippen LogP contribution is -2.55. The predicted molar refractivity (Wildman–Crippen MR) is 89.9 cm³/mol. The van der Waals surface area contributed by atoms with Crippen molar-refractivity contribution in [3.05, 3.63) is 23.8 Å². The van der Waals surface area contributed by atoms with Gasteiger partial charge in [0, 0.05) is 48.7 Å². The summed E-state index contributed by atoms with van der Waals surface area (Å²) in [6.45, 7) is 0. The van der Waals surface area contributed by atoms with Crippen molar-refractivity contribution in [3.63, 3.8) is 0 Å². The lowest BCUT2D eigenvalue weighted by atomic mass is 10.2. The summed E-state index contributed by atoms with van der Waals surface area (Å²) in [6, 6.07) is 6.16. The van der Waals surface area contributed by atoms with Gasteiger partial charge in [-0.05, 0) is 5.56 Å². The first-order valence-corrected chi connectivity index (χ1v) is 10.6. The average Bonchev–Trinajstić information content (AvgIpc) is 2.62. The van der Waals surface area contributed by atoms with Gasteiger partial charge in [0.1, 0.15) is 5.75 Å². The Labute approximate surface area is 140 Å². The fourth-order valence-electron chi connectivity index (χ4n) is 2.49.